The number of benzene rings is 3. The van der Waals surface area contributed by atoms with Crippen LogP contribution >= 0.6 is 0 Å². The second-order valence-corrected chi connectivity index (χ2v) is 14.8. The summed E-state index contributed by atoms with van der Waals surface area (Å²) in [5, 5.41) is 13.6. The van der Waals surface area contributed by atoms with Crippen molar-refractivity contribution in [3.05, 3.63) is 88.7 Å². The predicted molar refractivity (Wildman–Crippen MR) is 201 cm³/mol. The van der Waals surface area contributed by atoms with Gasteiger partial charge in [0.25, 0.3) is 0 Å². The van der Waals surface area contributed by atoms with Crippen LogP contribution in [0.25, 0.3) is 32.9 Å². The molecule has 1 aliphatic carbocycles. The van der Waals surface area contributed by atoms with E-state index in [0.717, 1.165) is 42.5 Å². The second-order valence-electron chi connectivity index (χ2n) is 14.8. The van der Waals surface area contributed by atoms with E-state index in [9.17, 15) is 9.90 Å². The third-order valence-corrected chi connectivity index (χ3v) is 10.3. The van der Waals surface area contributed by atoms with Gasteiger partial charge in [-0.2, -0.15) is 0 Å². The molecule has 3 aromatic carbocycles. The molecule has 0 bridgehead atoms. The monoisotopic (exact) mass is 825 g/mol. The van der Waals surface area contributed by atoms with E-state index >= 15 is 0 Å². The van der Waals surface area contributed by atoms with Crippen molar-refractivity contribution in [1.29, 1.82) is 0 Å². The van der Waals surface area contributed by atoms with Crippen molar-refractivity contribution in [3.63, 3.8) is 0 Å². The number of carbonyl (C=O) groups is 1. The van der Waals surface area contributed by atoms with Gasteiger partial charge >= 0.3 is 0 Å². The van der Waals surface area contributed by atoms with Crippen LogP contribution in [0.1, 0.15) is 134 Å². The van der Waals surface area contributed by atoms with Gasteiger partial charge in [0.15, 0.2) is 5.78 Å². The van der Waals surface area contributed by atoms with Crippen molar-refractivity contribution in [2.24, 2.45) is 11.8 Å². The summed E-state index contributed by atoms with van der Waals surface area (Å²) in [7, 11) is 0. The van der Waals surface area contributed by atoms with Crippen LogP contribution in [0.3, 0.4) is 0 Å². The number of pyridine rings is 1. The van der Waals surface area contributed by atoms with Crippen LogP contribution in [0.4, 0.5) is 0 Å². The van der Waals surface area contributed by atoms with Gasteiger partial charge in [-0.25, -0.2) is 0 Å². The molecule has 3 nitrogen and oxygen atoms in total. The topological polar surface area (TPSA) is 50.2 Å². The first-order valence-corrected chi connectivity index (χ1v) is 18.2. The van der Waals surface area contributed by atoms with Gasteiger partial charge in [-0.1, -0.05) is 109 Å². The number of aryl methyl sites for hydroxylation is 2. The van der Waals surface area contributed by atoms with Gasteiger partial charge in [0.2, 0.25) is 0 Å². The number of allylic oxidation sites excluding steroid dienone is 2. The Morgan fingerprint density at radius 3 is 2.15 bits per heavy atom. The third kappa shape index (κ3) is 9.45. The molecule has 1 fully saturated rings. The molecule has 1 radical (unpaired) electrons. The molecule has 1 heterocycles. The molecule has 1 aromatic heterocycles. The van der Waals surface area contributed by atoms with Crippen LogP contribution in [0.5, 0.6) is 0 Å². The van der Waals surface area contributed by atoms with Crippen LogP contribution in [0.2, 0.25) is 0 Å². The molecule has 48 heavy (non-hydrogen) atoms. The average molecular weight is 825 g/mol. The Labute approximate surface area is 304 Å². The van der Waals surface area contributed by atoms with Crippen LogP contribution in [-0.2, 0) is 30.3 Å². The van der Waals surface area contributed by atoms with Crippen molar-refractivity contribution >= 4 is 27.5 Å². The summed E-state index contributed by atoms with van der Waals surface area (Å²) >= 11 is 0. The molecule has 5 rings (SSSR count). The Hall–Kier alpha value is -2.81. The maximum atomic E-state index is 11.7. The van der Waals surface area contributed by atoms with Gasteiger partial charge in [-0.3, -0.25) is 9.78 Å². The van der Waals surface area contributed by atoms with E-state index in [1.807, 2.05) is 27.7 Å². The molecule has 0 saturated heterocycles. The summed E-state index contributed by atoms with van der Waals surface area (Å²) in [5.74, 6) is 1.18. The fourth-order valence-electron chi connectivity index (χ4n) is 7.43. The third-order valence-electron chi connectivity index (χ3n) is 10.3. The van der Waals surface area contributed by atoms with Crippen molar-refractivity contribution in [2.45, 2.75) is 131 Å². The maximum Gasteiger partial charge on any atom is 0.162 e. The Bertz CT molecular complexity index is 1700. The quantitative estimate of drug-likeness (QED) is 0.104. The number of fused-ring (bicyclic) bond motifs is 2. The molecule has 0 unspecified atom stereocenters. The maximum absolute atomic E-state index is 11.7. The number of aromatic nitrogens is 1. The summed E-state index contributed by atoms with van der Waals surface area (Å²) < 4.78 is 0. The zero-order valence-corrected chi connectivity index (χ0v) is 33.3. The molecule has 1 aliphatic rings. The Kier molecular flexibility index (Phi) is 14.6. The smallest absolute Gasteiger partial charge is 0.162 e. The van der Waals surface area contributed by atoms with E-state index < -0.39 is 0 Å². The van der Waals surface area contributed by atoms with Crippen LogP contribution in [0, 0.1) is 31.7 Å². The number of rotatable bonds is 9. The molecule has 4 heteroatoms. The van der Waals surface area contributed by atoms with Gasteiger partial charge in [-0.15, -0.1) is 29.1 Å². The SMILES string of the molecule is CCC(CC)C(=O)/C=C(\O)C(CC)CC.Cc1cc(C)c2c(C3CCCCC3)cc(-c3[c-]c4ccccc4c(C(C)(C)C)c3)nc2c1.[Ir]. The number of aliphatic hydroxyl groups excluding tert-OH is 1. The number of hydrogen-bond donors (Lipinski definition) is 1. The molecule has 0 amide bonds. The minimum atomic E-state index is 0. The van der Waals surface area contributed by atoms with E-state index in [-0.39, 0.29) is 48.9 Å². The number of ketones is 1. The fourth-order valence-corrected chi connectivity index (χ4v) is 7.43. The summed E-state index contributed by atoms with van der Waals surface area (Å²) in [6.45, 7) is 19.4. The summed E-state index contributed by atoms with van der Waals surface area (Å²) in [6, 6.07) is 21.7. The van der Waals surface area contributed by atoms with Gasteiger partial charge < -0.3 is 5.11 Å². The molecule has 0 atom stereocenters. The Balaban J connectivity index is 0.000000334. The van der Waals surface area contributed by atoms with Crippen LogP contribution in [0.15, 0.2) is 60.4 Å². The first-order chi connectivity index (χ1) is 22.4. The molecule has 261 valence electrons. The summed E-state index contributed by atoms with van der Waals surface area (Å²) in [5.41, 5.74) is 8.89. The molecule has 1 N–H and O–H groups in total. The van der Waals surface area contributed by atoms with Gasteiger partial charge in [-0.05, 0) is 86.5 Å². The van der Waals surface area contributed by atoms with Crippen molar-refractivity contribution < 1.29 is 30.0 Å². The second kappa shape index (κ2) is 17.7. The first-order valence-electron chi connectivity index (χ1n) is 18.2. The normalized spacial score (nSPS) is 14.3. The predicted octanol–water partition coefficient (Wildman–Crippen LogP) is 12.7. The molecular formula is C44H58IrNO2-. The zero-order chi connectivity index (χ0) is 34.3. The number of nitrogens with zero attached hydrogens (tertiary/aromatic N) is 1. The number of hydrogen-bond acceptors (Lipinski definition) is 3. The van der Waals surface area contributed by atoms with Crippen molar-refractivity contribution in [3.8, 4) is 11.3 Å². The largest absolute Gasteiger partial charge is 0.512 e. The Morgan fingerprint density at radius 2 is 1.54 bits per heavy atom. The zero-order valence-electron chi connectivity index (χ0n) is 30.9. The van der Waals surface area contributed by atoms with Crippen molar-refractivity contribution in [2.75, 3.05) is 0 Å². The molecule has 0 aliphatic heterocycles. The van der Waals surface area contributed by atoms with E-state index in [1.54, 1.807) is 0 Å². The standard InChI is InChI=1S/C31H34N.C13H24O2.Ir/c1-20-15-21(2)30-26(22-11-7-6-8-12-22)19-28(32-29(30)16-20)24-17-23-13-9-10-14-25(23)27(18-24)31(3,4)5;1-5-10(6-2)12(14)9-13(15)11(7-3)8-4;/h9-10,13-16,18-19,22H,6-8,11-12H2,1-5H3;9-11,14H,5-8H2,1-4H3;/q-1;;/b;12-9-;. The fraction of sp³-hybridized carbons (Fsp3) is 0.500. The van der Waals surface area contributed by atoms with Crippen molar-refractivity contribution in [1.82, 2.24) is 4.98 Å². The van der Waals surface area contributed by atoms with Crippen LogP contribution < -0.4 is 0 Å². The van der Waals surface area contributed by atoms with E-state index in [1.165, 1.54) is 76.6 Å². The molecule has 4 aromatic rings. The van der Waals surface area contributed by atoms with E-state index in [0.29, 0.717) is 5.92 Å². The van der Waals surface area contributed by atoms with E-state index in [4.69, 9.17) is 4.98 Å². The first kappa shape index (κ1) is 39.6. The molecule has 0 spiro atoms. The van der Waals surface area contributed by atoms with E-state index in [2.05, 4.69) is 89.2 Å². The summed E-state index contributed by atoms with van der Waals surface area (Å²) in [6.07, 6.45) is 11.5. The minimum Gasteiger partial charge on any atom is -0.512 e. The van der Waals surface area contributed by atoms with Gasteiger partial charge in [0.05, 0.1) is 11.3 Å². The van der Waals surface area contributed by atoms with Crippen LogP contribution in [-0.4, -0.2) is 15.9 Å². The number of aliphatic hydroxyl groups is 1. The van der Waals surface area contributed by atoms with Gasteiger partial charge in [0, 0.05) is 49.1 Å². The molecule has 1 saturated carbocycles. The Morgan fingerprint density at radius 1 is 0.917 bits per heavy atom. The average Bonchev–Trinajstić information content (AvgIpc) is 3.05. The summed E-state index contributed by atoms with van der Waals surface area (Å²) in [4.78, 5) is 16.9. The number of carbonyl (C=O) groups excluding carboxylic acids is 1. The van der Waals surface area contributed by atoms with Gasteiger partial charge in [0.1, 0.15) is 0 Å². The molecular weight excluding hydrogens is 767 g/mol. The minimum absolute atomic E-state index is 0.